The molecule has 1 aliphatic carbocycles. The third-order valence-corrected chi connectivity index (χ3v) is 3.50. The van der Waals surface area contributed by atoms with Gasteiger partial charge in [0.2, 0.25) is 0 Å². The van der Waals surface area contributed by atoms with Gasteiger partial charge in [-0.05, 0) is 18.8 Å². The lowest BCUT2D eigenvalue weighted by Gasteiger charge is -2.18. The summed E-state index contributed by atoms with van der Waals surface area (Å²) in [6, 6.07) is 0. The van der Waals surface area contributed by atoms with Crippen LogP contribution in [0.15, 0.2) is 0 Å². The zero-order valence-corrected chi connectivity index (χ0v) is 10.7. The van der Waals surface area contributed by atoms with Gasteiger partial charge in [0.25, 0.3) is 0 Å². The molecule has 1 heterocycles. The van der Waals surface area contributed by atoms with Crippen molar-refractivity contribution in [3.63, 3.8) is 0 Å². The Kier molecular flexibility index (Phi) is 3.22. The number of fused-ring (bicyclic) bond motifs is 1. The number of hydrogen-bond acceptors (Lipinski definition) is 2. The molecule has 1 N–H and O–H groups in total. The molecule has 0 amide bonds. The number of rotatable bonds is 3. The minimum Gasteiger partial charge on any atom is -0.481 e. The van der Waals surface area contributed by atoms with Crippen LogP contribution in [0.1, 0.15) is 37.5 Å². The summed E-state index contributed by atoms with van der Waals surface area (Å²) in [6.45, 7) is 4.35. The Labute approximate surface area is 102 Å². The molecule has 0 aromatic carbocycles. The van der Waals surface area contributed by atoms with Gasteiger partial charge in [-0.2, -0.15) is 0 Å². The van der Waals surface area contributed by atoms with Gasteiger partial charge < -0.3 is 9.67 Å². The molecule has 0 bridgehead atoms. The van der Waals surface area contributed by atoms with Gasteiger partial charge in [0.05, 0.1) is 11.6 Å². The van der Waals surface area contributed by atoms with E-state index in [0.29, 0.717) is 12.3 Å². The van der Waals surface area contributed by atoms with Crippen molar-refractivity contribution >= 4 is 5.97 Å². The molecular weight excluding hydrogens is 216 g/mol. The first-order valence-electron chi connectivity index (χ1n) is 6.25. The molecule has 17 heavy (non-hydrogen) atoms. The average molecular weight is 236 g/mol. The van der Waals surface area contributed by atoms with Crippen LogP contribution in [0.2, 0.25) is 0 Å². The standard InChI is InChI=1S/C13H20N2O2/c1-8(2)6-12-14-10-7-9(13(16)17)4-5-11(10)15(12)3/h8-9H,4-7H2,1-3H3,(H,16,17). The summed E-state index contributed by atoms with van der Waals surface area (Å²) in [4.78, 5) is 15.6. The van der Waals surface area contributed by atoms with Crippen molar-refractivity contribution in [2.24, 2.45) is 18.9 Å². The minimum atomic E-state index is -0.688. The summed E-state index contributed by atoms with van der Waals surface area (Å²) in [6.07, 6.45) is 3.13. The number of carboxylic acids is 1. The Morgan fingerprint density at radius 1 is 1.59 bits per heavy atom. The van der Waals surface area contributed by atoms with E-state index in [0.717, 1.165) is 30.8 Å². The number of hydrogen-bond donors (Lipinski definition) is 1. The smallest absolute Gasteiger partial charge is 0.306 e. The van der Waals surface area contributed by atoms with Crippen molar-refractivity contribution in [2.75, 3.05) is 0 Å². The third-order valence-electron chi connectivity index (χ3n) is 3.50. The number of aliphatic carboxylic acids is 1. The second kappa shape index (κ2) is 4.51. The number of nitrogens with zero attached hydrogens (tertiary/aromatic N) is 2. The molecule has 0 radical (unpaired) electrons. The molecule has 0 saturated heterocycles. The Bertz CT molecular complexity index is 435. The summed E-state index contributed by atoms with van der Waals surface area (Å²) in [5.41, 5.74) is 2.24. The van der Waals surface area contributed by atoms with E-state index in [1.165, 1.54) is 5.69 Å². The lowest BCUT2D eigenvalue weighted by molar-refractivity contribution is -0.142. The van der Waals surface area contributed by atoms with Gasteiger partial charge in [-0.3, -0.25) is 4.79 Å². The van der Waals surface area contributed by atoms with E-state index in [2.05, 4.69) is 23.4 Å². The van der Waals surface area contributed by atoms with Crippen LogP contribution in [0, 0.1) is 11.8 Å². The van der Waals surface area contributed by atoms with Crippen LogP contribution in [0.25, 0.3) is 0 Å². The summed E-state index contributed by atoms with van der Waals surface area (Å²) >= 11 is 0. The van der Waals surface area contributed by atoms with Crippen LogP contribution in [-0.4, -0.2) is 20.6 Å². The van der Waals surface area contributed by atoms with E-state index in [1.807, 2.05) is 7.05 Å². The van der Waals surface area contributed by atoms with E-state index in [-0.39, 0.29) is 5.92 Å². The van der Waals surface area contributed by atoms with E-state index >= 15 is 0 Å². The van der Waals surface area contributed by atoms with Crippen LogP contribution in [0.3, 0.4) is 0 Å². The molecular formula is C13H20N2O2. The maximum atomic E-state index is 11.0. The van der Waals surface area contributed by atoms with Gasteiger partial charge in [0.1, 0.15) is 5.82 Å². The van der Waals surface area contributed by atoms with E-state index in [9.17, 15) is 4.79 Å². The maximum Gasteiger partial charge on any atom is 0.306 e. The van der Waals surface area contributed by atoms with Crippen molar-refractivity contribution in [1.82, 2.24) is 9.55 Å². The summed E-state index contributed by atoms with van der Waals surface area (Å²) in [7, 11) is 2.05. The van der Waals surface area contributed by atoms with Crippen LogP contribution >= 0.6 is 0 Å². The first-order chi connectivity index (χ1) is 7.99. The first-order valence-corrected chi connectivity index (χ1v) is 6.25. The molecule has 4 heteroatoms. The predicted octanol–water partition coefficient (Wildman–Crippen LogP) is 1.81. The van der Waals surface area contributed by atoms with Crippen LogP contribution in [-0.2, 0) is 31.1 Å². The Morgan fingerprint density at radius 2 is 2.29 bits per heavy atom. The van der Waals surface area contributed by atoms with Crippen molar-refractivity contribution in [3.05, 3.63) is 17.2 Å². The van der Waals surface area contributed by atoms with E-state index < -0.39 is 5.97 Å². The monoisotopic (exact) mass is 236 g/mol. The first kappa shape index (κ1) is 12.1. The maximum absolute atomic E-state index is 11.0. The highest BCUT2D eigenvalue weighted by Crippen LogP contribution is 2.26. The van der Waals surface area contributed by atoms with Crippen LogP contribution < -0.4 is 0 Å². The highest BCUT2D eigenvalue weighted by atomic mass is 16.4. The summed E-state index contributed by atoms with van der Waals surface area (Å²) < 4.78 is 2.16. The van der Waals surface area contributed by atoms with E-state index in [4.69, 9.17) is 5.11 Å². The highest BCUT2D eigenvalue weighted by Gasteiger charge is 2.28. The van der Waals surface area contributed by atoms with Crippen LogP contribution in [0.4, 0.5) is 0 Å². The Balaban J connectivity index is 2.25. The fourth-order valence-corrected chi connectivity index (χ4v) is 2.53. The number of carboxylic acid groups (broad SMARTS) is 1. The molecule has 1 aliphatic rings. The second-order valence-electron chi connectivity index (χ2n) is 5.36. The Hall–Kier alpha value is -1.32. The average Bonchev–Trinajstić information content (AvgIpc) is 2.54. The summed E-state index contributed by atoms with van der Waals surface area (Å²) in [5, 5.41) is 9.05. The van der Waals surface area contributed by atoms with Crippen LogP contribution in [0.5, 0.6) is 0 Å². The fraction of sp³-hybridized carbons (Fsp3) is 0.692. The van der Waals surface area contributed by atoms with Crippen molar-refractivity contribution in [1.29, 1.82) is 0 Å². The van der Waals surface area contributed by atoms with Crippen molar-refractivity contribution < 1.29 is 9.90 Å². The lowest BCUT2D eigenvalue weighted by Crippen LogP contribution is -2.22. The Morgan fingerprint density at radius 3 is 2.88 bits per heavy atom. The van der Waals surface area contributed by atoms with E-state index in [1.54, 1.807) is 0 Å². The molecule has 1 aromatic rings. The minimum absolute atomic E-state index is 0.246. The van der Waals surface area contributed by atoms with Gasteiger partial charge in [-0.1, -0.05) is 13.8 Å². The molecule has 0 aliphatic heterocycles. The number of aromatic nitrogens is 2. The summed E-state index contributed by atoms with van der Waals surface area (Å²) in [5.74, 6) is 0.736. The molecule has 2 rings (SSSR count). The highest BCUT2D eigenvalue weighted by molar-refractivity contribution is 5.70. The molecule has 1 unspecified atom stereocenters. The molecule has 0 saturated carbocycles. The molecule has 4 nitrogen and oxygen atoms in total. The lowest BCUT2D eigenvalue weighted by atomic mass is 9.90. The normalized spacial score (nSPS) is 19.4. The molecule has 1 atom stereocenters. The molecule has 1 aromatic heterocycles. The van der Waals surface area contributed by atoms with Crippen molar-refractivity contribution in [3.8, 4) is 0 Å². The number of carbonyl (C=O) groups is 1. The van der Waals surface area contributed by atoms with Gasteiger partial charge in [0, 0.05) is 25.6 Å². The SMILES string of the molecule is CC(C)Cc1nc2c(n1C)CCC(C(=O)O)C2. The van der Waals surface area contributed by atoms with Gasteiger partial charge in [-0.15, -0.1) is 0 Å². The zero-order chi connectivity index (χ0) is 12.6. The molecule has 0 fully saturated rings. The van der Waals surface area contributed by atoms with Gasteiger partial charge in [0.15, 0.2) is 0 Å². The fourth-order valence-electron chi connectivity index (χ4n) is 2.53. The third kappa shape index (κ3) is 2.35. The largest absolute Gasteiger partial charge is 0.481 e. The topological polar surface area (TPSA) is 55.1 Å². The van der Waals surface area contributed by atoms with Gasteiger partial charge in [-0.25, -0.2) is 4.98 Å². The predicted molar refractivity (Wildman–Crippen MR) is 64.9 cm³/mol. The van der Waals surface area contributed by atoms with Crippen molar-refractivity contribution in [2.45, 2.75) is 39.5 Å². The zero-order valence-electron chi connectivity index (χ0n) is 10.7. The second-order valence-corrected chi connectivity index (χ2v) is 5.36. The quantitative estimate of drug-likeness (QED) is 0.870. The molecule has 0 spiro atoms. The van der Waals surface area contributed by atoms with Gasteiger partial charge >= 0.3 is 5.97 Å². The molecule has 94 valence electrons. The number of imidazole rings is 1.